The van der Waals surface area contributed by atoms with Crippen LogP contribution in [0, 0.1) is 5.92 Å². The Bertz CT molecular complexity index is 1380. The quantitative estimate of drug-likeness (QED) is 0.418. The summed E-state index contributed by atoms with van der Waals surface area (Å²) >= 11 is 0. The first-order valence-electron chi connectivity index (χ1n) is 13.9. The van der Waals surface area contributed by atoms with E-state index in [4.69, 9.17) is 0 Å². The second-order valence-corrected chi connectivity index (χ2v) is 10.6. The fourth-order valence-corrected chi connectivity index (χ4v) is 5.59. The molecule has 0 aromatic heterocycles. The maximum Gasteiger partial charge on any atom is 0.416 e. The minimum atomic E-state index is -4.44. The van der Waals surface area contributed by atoms with Crippen molar-refractivity contribution in [1.29, 1.82) is 0 Å². The zero-order valence-corrected chi connectivity index (χ0v) is 22.6. The van der Waals surface area contributed by atoms with Gasteiger partial charge in [-0.25, -0.2) is 0 Å². The van der Waals surface area contributed by atoms with Gasteiger partial charge in [0.1, 0.15) is 6.04 Å². The fraction of sp³-hybridized carbons (Fsp3) is 0.344. The zero-order valence-electron chi connectivity index (χ0n) is 22.6. The lowest BCUT2D eigenvalue weighted by Gasteiger charge is -2.33. The number of carbonyl (C=O) groups excluding carboxylic acids is 3. The summed E-state index contributed by atoms with van der Waals surface area (Å²) in [5, 5.41) is 2.99. The molecule has 1 N–H and O–H groups in total. The van der Waals surface area contributed by atoms with Crippen LogP contribution in [0.2, 0.25) is 0 Å². The number of piperidine rings is 1. The van der Waals surface area contributed by atoms with Crippen LogP contribution in [-0.4, -0.2) is 53.7 Å². The Morgan fingerprint density at radius 2 is 1.37 bits per heavy atom. The van der Waals surface area contributed by atoms with Crippen LogP contribution in [0.25, 0.3) is 11.1 Å². The monoisotopic (exact) mass is 563 g/mol. The van der Waals surface area contributed by atoms with Gasteiger partial charge >= 0.3 is 6.18 Å². The number of alkyl halides is 3. The molecule has 3 amide bonds. The molecule has 0 spiro atoms. The smallest absolute Gasteiger partial charge is 0.341 e. The molecule has 1 atom stereocenters. The molecule has 6 nitrogen and oxygen atoms in total. The van der Waals surface area contributed by atoms with Crippen molar-refractivity contribution in [3.05, 3.63) is 95.6 Å². The lowest BCUT2D eigenvalue weighted by atomic mass is 9.93. The number of likely N-dealkylation sites (tertiary alicyclic amines) is 2. The number of hydrogen-bond donors (Lipinski definition) is 1. The van der Waals surface area contributed by atoms with E-state index >= 15 is 0 Å². The molecule has 2 fully saturated rings. The maximum absolute atomic E-state index is 13.5. The number of rotatable bonds is 6. The van der Waals surface area contributed by atoms with E-state index in [2.05, 4.69) is 5.32 Å². The molecule has 9 heteroatoms. The number of amides is 3. The van der Waals surface area contributed by atoms with Crippen LogP contribution in [0.15, 0.2) is 78.9 Å². The van der Waals surface area contributed by atoms with Crippen molar-refractivity contribution in [2.45, 2.75) is 37.9 Å². The summed E-state index contributed by atoms with van der Waals surface area (Å²) in [5.41, 5.74) is 1.46. The van der Waals surface area contributed by atoms with E-state index in [9.17, 15) is 27.6 Å². The molecular weight excluding hydrogens is 531 g/mol. The van der Waals surface area contributed by atoms with Gasteiger partial charge in [-0.05, 0) is 60.6 Å². The normalized spacial score (nSPS) is 16.9. The third kappa shape index (κ3) is 6.45. The predicted octanol–water partition coefficient (Wildman–Crippen LogP) is 5.70. The van der Waals surface area contributed by atoms with Gasteiger partial charge in [0.05, 0.1) is 5.56 Å². The Morgan fingerprint density at radius 1 is 0.756 bits per heavy atom. The molecule has 41 heavy (non-hydrogen) atoms. The van der Waals surface area contributed by atoms with E-state index in [1.807, 2.05) is 30.3 Å². The topological polar surface area (TPSA) is 69.7 Å². The molecule has 3 aromatic carbocycles. The van der Waals surface area contributed by atoms with E-state index in [-0.39, 0.29) is 23.6 Å². The van der Waals surface area contributed by atoms with Crippen molar-refractivity contribution < 1.29 is 27.6 Å². The number of benzene rings is 3. The second kappa shape index (κ2) is 12.2. The van der Waals surface area contributed by atoms with Crippen LogP contribution in [-0.2, 0) is 15.8 Å². The van der Waals surface area contributed by atoms with Crippen molar-refractivity contribution in [3.8, 4) is 11.1 Å². The largest absolute Gasteiger partial charge is 0.416 e. The number of halogens is 3. The third-order valence-electron chi connectivity index (χ3n) is 7.92. The van der Waals surface area contributed by atoms with Crippen LogP contribution < -0.4 is 5.32 Å². The van der Waals surface area contributed by atoms with Crippen molar-refractivity contribution in [2.24, 2.45) is 5.92 Å². The standard InChI is InChI=1S/C32H32F3N3O3/c33-32(34,35)25-14-12-22(13-15-25)26-10-4-5-11-27(26)30(40)38-20-16-24(17-21-38)29(39)36-28(23-8-2-1-3-9-23)31(41)37-18-6-7-19-37/h1-5,8-15,24,28H,6-7,16-21H2,(H,36,39)/t28-/m0/s1. The molecular formula is C32H32F3N3O3. The highest BCUT2D eigenvalue weighted by atomic mass is 19.4. The van der Waals surface area contributed by atoms with Gasteiger partial charge in [0, 0.05) is 37.7 Å². The highest BCUT2D eigenvalue weighted by Crippen LogP contribution is 2.32. The highest BCUT2D eigenvalue weighted by Gasteiger charge is 2.34. The van der Waals surface area contributed by atoms with E-state index in [1.165, 1.54) is 12.1 Å². The first kappa shape index (κ1) is 28.4. The van der Waals surface area contributed by atoms with Crippen LogP contribution in [0.3, 0.4) is 0 Å². The van der Waals surface area contributed by atoms with Crippen molar-refractivity contribution >= 4 is 17.7 Å². The van der Waals surface area contributed by atoms with Crippen LogP contribution in [0.1, 0.15) is 53.2 Å². The Kier molecular flexibility index (Phi) is 8.42. The Hall–Kier alpha value is -4.14. The minimum absolute atomic E-state index is 0.102. The van der Waals surface area contributed by atoms with Gasteiger partial charge in [-0.15, -0.1) is 0 Å². The average Bonchev–Trinajstić information content (AvgIpc) is 3.55. The van der Waals surface area contributed by atoms with E-state index in [0.717, 1.165) is 30.5 Å². The Morgan fingerprint density at radius 3 is 2.00 bits per heavy atom. The average molecular weight is 564 g/mol. The molecule has 0 unspecified atom stereocenters. The van der Waals surface area contributed by atoms with Crippen LogP contribution >= 0.6 is 0 Å². The molecule has 2 saturated heterocycles. The molecule has 2 aliphatic heterocycles. The predicted molar refractivity (Wildman–Crippen MR) is 149 cm³/mol. The van der Waals surface area contributed by atoms with E-state index in [1.54, 1.807) is 34.1 Å². The summed E-state index contributed by atoms with van der Waals surface area (Å²) < 4.78 is 39.1. The second-order valence-electron chi connectivity index (χ2n) is 10.6. The molecule has 0 bridgehead atoms. The molecule has 2 aliphatic rings. The third-order valence-corrected chi connectivity index (χ3v) is 7.92. The number of nitrogens with one attached hydrogen (secondary N) is 1. The van der Waals surface area contributed by atoms with Crippen LogP contribution in [0.4, 0.5) is 13.2 Å². The lowest BCUT2D eigenvalue weighted by Crippen LogP contribution is -2.47. The first-order valence-corrected chi connectivity index (χ1v) is 13.9. The number of hydrogen-bond acceptors (Lipinski definition) is 3. The van der Waals surface area contributed by atoms with Gasteiger partial charge in [-0.1, -0.05) is 60.7 Å². The molecule has 0 aliphatic carbocycles. The van der Waals surface area contributed by atoms with E-state index in [0.29, 0.717) is 55.7 Å². The SMILES string of the molecule is O=C(N[C@H](C(=O)N1CCCC1)c1ccccc1)C1CCN(C(=O)c2ccccc2-c2ccc(C(F)(F)F)cc2)CC1. The van der Waals surface area contributed by atoms with Crippen molar-refractivity contribution in [2.75, 3.05) is 26.2 Å². The van der Waals surface area contributed by atoms with Gasteiger partial charge in [-0.3, -0.25) is 14.4 Å². The zero-order chi connectivity index (χ0) is 29.0. The summed E-state index contributed by atoms with van der Waals surface area (Å²) in [5.74, 6) is -0.884. The van der Waals surface area contributed by atoms with Gasteiger partial charge < -0.3 is 15.1 Å². The first-order chi connectivity index (χ1) is 19.7. The summed E-state index contributed by atoms with van der Waals surface area (Å²) in [6.07, 6.45) is -1.64. The van der Waals surface area contributed by atoms with Gasteiger partial charge in [-0.2, -0.15) is 13.2 Å². The van der Waals surface area contributed by atoms with Crippen LogP contribution in [0.5, 0.6) is 0 Å². The van der Waals surface area contributed by atoms with Gasteiger partial charge in [0.2, 0.25) is 11.8 Å². The number of carbonyl (C=O) groups is 3. The minimum Gasteiger partial charge on any atom is -0.341 e. The summed E-state index contributed by atoms with van der Waals surface area (Å²) in [6, 6.07) is 20.1. The summed E-state index contributed by atoms with van der Waals surface area (Å²) in [4.78, 5) is 43.6. The van der Waals surface area contributed by atoms with E-state index < -0.39 is 17.8 Å². The Balaban J connectivity index is 1.25. The van der Waals surface area contributed by atoms with Crippen molar-refractivity contribution in [3.63, 3.8) is 0 Å². The molecule has 214 valence electrons. The molecule has 3 aromatic rings. The number of nitrogens with zero attached hydrogens (tertiary/aromatic N) is 2. The van der Waals surface area contributed by atoms with Gasteiger partial charge in [0.25, 0.3) is 5.91 Å². The molecule has 0 saturated carbocycles. The lowest BCUT2D eigenvalue weighted by molar-refractivity contribution is -0.137. The molecule has 0 radical (unpaired) electrons. The summed E-state index contributed by atoms with van der Waals surface area (Å²) in [6.45, 7) is 2.08. The van der Waals surface area contributed by atoms with Gasteiger partial charge in [0.15, 0.2) is 0 Å². The molecule has 5 rings (SSSR count). The van der Waals surface area contributed by atoms with Crippen molar-refractivity contribution in [1.82, 2.24) is 15.1 Å². The highest BCUT2D eigenvalue weighted by molar-refractivity contribution is 6.01. The molecule has 2 heterocycles. The maximum atomic E-state index is 13.5. The fourth-order valence-electron chi connectivity index (χ4n) is 5.59. The summed E-state index contributed by atoms with van der Waals surface area (Å²) in [7, 11) is 0. The Labute approximate surface area is 237 Å².